The van der Waals surface area contributed by atoms with Crippen LogP contribution in [0.25, 0.3) is 0 Å². The van der Waals surface area contributed by atoms with Crippen molar-refractivity contribution in [3.63, 3.8) is 0 Å². The fourth-order valence-corrected chi connectivity index (χ4v) is 3.44. The third kappa shape index (κ3) is 8.43. The number of hydrogen-bond donors (Lipinski definition) is 1. The Kier molecular flexibility index (Phi) is 10.0. The molecule has 0 bridgehead atoms. The van der Waals surface area contributed by atoms with Crippen molar-refractivity contribution in [2.45, 2.75) is 58.3 Å². The van der Waals surface area contributed by atoms with Gasteiger partial charge in [0.05, 0.1) is 0 Å². The third-order valence-corrected chi connectivity index (χ3v) is 4.73. The molecule has 1 aliphatic rings. The lowest BCUT2D eigenvalue weighted by molar-refractivity contribution is -0.255. The average molecular weight is 518 g/mol. The van der Waals surface area contributed by atoms with Crippen LogP contribution in [-0.4, -0.2) is 66.3 Å². The lowest BCUT2D eigenvalue weighted by Gasteiger charge is -2.44. The number of halogens is 1. The molecule has 0 radical (unpaired) electrons. The van der Waals surface area contributed by atoms with Gasteiger partial charge in [-0.3, -0.25) is 19.2 Å². The molecular weight excluding hydrogens is 494 g/mol. The van der Waals surface area contributed by atoms with Gasteiger partial charge in [-0.1, -0.05) is 11.6 Å². The monoisotopic (exact) mass is 517 g/mol. The quantitative estimate of drug-likeness (QED) is 0.320. The van der Waals surface area contributed by atoms with Gasteiger partial charge < -0.3 is 33.7 Å². The number of carbonyl (C=O) groups is 4. The van der Waals surface area contributed by atoms with Gasteiger partial charge in [0.1, 0.15) is 18.5 Å². The first-order chi connectivity index (χ1) is 16.0. The molecule has 1 aliphatic heterocycles. The molecule has 13 heteroatoms. The highest BCUT2D eigenvalue weighted by atomic mass is 35.5. The van der Waals surface area contributed by atoms with E-state index in [0.29, 0.717) is 10.8 Å². The van der Waals surface area contributed by atoms with Gasteiger partial charge in [0.15, 0.2) is 24.5 Å². The Hall–Kier alpha value is -2.96. The van der Waals surface area contributed by atoms with Crippen LogP contribution in [0, 0.1) is 0 Å². The zero-order valence-corrected chi connectivity index (χ0v) is 20.3. The summed E-state index contributed by atoms with van der Waals surface area (Å²) in [6.45, 7) is 4.22. The molecule has 0 aromatic heterocycles. The number of thiocarbonyl (C=S) groups is 1. The van der Waals surface area contributed by atoms with E-state index in [1.807, 2.05) is 0 Å². The van der Waals surface area contributed by atoms with E-state index in [2.05, 4.69) is 5.32 Å². The standard InChI is InChI=1S/C21H24ClNO10S/c1-10(24)28-9-16-17(29-11(2)25)18(30-12(3)26)19(31-13(4)27)20(33-16)23-21(34)32-15-7-5-14(22)6-8-15/h5-8,16-20H,9H2,1-4H3,(H,23,34)/t16-,17-,18-,19+,20-/m0/s1. The van der Waals surface area contributed by atoms with Crippen LogP contribution in [-0.2, 0) is 42.9 Å². The molecule has 0 aliphatic carbocycles. The summed E-state index contributed by atoms with van der Waals surface area (Å²) in [5, 5.41) is 3.05. The Balaban J connectivity index is 2.35. The Morgan fingerprint density at radius 3 is 1.94 bits per heavy atom. The zero-order valence-electron chi connectivity index (χ0n) is 18.8. The summed E-state index contributed by atoms with van der Waals surface area (Å²) < 4.78 is 32.4. The summed E-state index contributed by atoms with van der Waals surface area (Å²) in [7, 11) is 0. The predicted octanol–water partition coefficient (Wildman–Crippen LogP) is 1.68. The molecule has 5 atom stereocenters. The molecule has 1 heterocycles. The first-order valence-electron chi connectivity index (χ1n) is 10.0. The van der Waals surface area contributed by atoms with Crippen molar-refractivity contribution in [3.05, 3.63) is 29.3 Å². The minimum atomic E-state index is -1.32. The molecule has 0 amide bonds. The number of nitrogens with one attached hydrogen (secondary N) is 1. The van der Waals surface area contributed by atoms with Crippen LogP contribution in [0.1, 0.15) is 27.7 Å². The Morgan fingerprint density at radius 1 is 0.882 bits per heavy atom. The van der Waals surface area contributed by atoms with Gasteiger partial charge in [-0.2, -0.15) is 0 Å². The summed E-state index contributed by atoms with van der Waals surface area (Å²) in [4.78, 5) is 46.8. The number of rotatable bonds is 7. The van der Waals surface area contributed by atoms with Crippen molar-refractivity contribution in [1.82, 2.24) is 5.32 Å². The average Bonchev–Trinajstić information content (AvgIpc) is 2.71. The Bertz CT molecular complexity index is 925. The van der Waals surface area contributed by atoms with Crippen LogP contribution in [0.15, 0.2) is 24.3 Å². The fourth-order valence-electron chi connectivity index (χ4n) is 3.10. The highest BCUT2D eigenvalue weighted by Crippen LogP contribution is 2.28. The van der Waals surface area contributed by atoms with E-state index < -0.39 is 54.5 Å². The molecular formula is C21H24ClNO10S. The minimum Gasteiger partial charge on any atom is -0.463 e. The molecule has 2 rings (SSSR count). The van der Waals surface area contributed by atoms with Crippen molar-refractivity contribution >= 4 is 52.9 Å². The Labute approximate surface area is 205 Å². The molecule has 0 saturated carbocycles. The van der Waals surface area contributed by atoms with Crippen LogP contribution >= 0.6 is 23.8 Å². The molecule has 0 unspecified atom stereocenters. The lowest BCUT2D eigenvalue weighted by atomic mass is 9.97. The molecule has 186 valence electrons. The number of benzene rings is 1. The highest BCUT2D eigenvalue weighted by molar-refractivity contribution is 7.80. The molecule has 11 nitrogen and oxygen atoms in total. The number of hydrogen-bond acceptors (Lipinski definition) is 11. The SMILES string of the molecule is CC(=O)OC[C@@H]1O[C@H](NC(=S)Oc2ccc(Cl)cc2)[C@H](OC(C)=O)[C@@H](OC(C)=O)[C@H]1OC(C)=O. The molecule has 1 fully saturated rings. The van der Waals surface area contributed by atoms with Crippen molar-refractivity contribution in [3.8, 4) is 5.75 Å². The van der Waals surface area contributed by atoms with Gasteiger partial charge in [0.2, 0.25) is 0 Å². The van der Waals surface area contributed by atoms with E-state index in [4.69, 9.17) is 52.2 Å². The summed E-state index contributed by atoms with van der Waals surface area (Å²) in [6, 6.07) is 6.33. The van der Waals surface area contributed by atoms with Crippen LogP contribution in [0.2, 0.25) is 5.02 Å². The van der Waals surface area contributed by atoms with Gasteiger partial charge in [0.25, 0.3) is 5.17 Å². The second kappa shape index (κ2) is 12.5. The largest absolute Gasteiger partial charge is 0.463 e. The topological polar surface area (TPSA) is 136 Å². The maximum absolute atomic E-state index is 11.8. The summed E-state index contributed by atoms with van der Waals surface area (Å²) in [6.07, 6.45) is -6.25. The van der Waals surface area contributed by atoms with Crippen molar-refractivity contribution in [2.75, 3.05) is 6.61 Å². The minimum absolute atomic E-state index is 0.178. The Morgan fingerprint density at radius 2 is 1.41 bits per heavy atom. The molecule has 34 heavy (non-hydrogen) atoms. The first kappa shape index (κ1) is 27.3. The number of esters is 4. The summed E-state index contributed by atoms with van der Waals surface area (Å²) >= 11 is 11.1. The van der Waals surface area contributed by atoms with E-state index in [-0.39, 0.29) is 11.8 Å². The summed E-state index contributed by atoms with van der Waals surface area (Å²) in [5.74, 6) is -2.48. The zero-order chi connectivity index (χ0) is 25.4. The number of ether oxygens (including phenoxy) is 6. The van der Waals surface area contributed by atoms with Crippen molar-refractivity contribution in [1.29, 1.82) is 0 Å². The van der Waals surface area contributed by atoms with Gasteiger partial charge in [-0.15, -0.1) is 0 Å². The lowest BCUT2D eigenvalue weighted by Crippen LogP contribution is -2.66. The van der Waals surface area contributed by atoms with E-state index >= 15 is 0 Å². The van der Waals surface area contributed by atoms with Crippen LogP contribution < -0.4 is 10.1 Å². The van der Waals surface area contributed by atoms with E-state index in [1.54, 1.807) is 24.3 Å². The first-order valence-corrected chi connectivity index (χ1v) is 10.8. The fraction of sp³-hybridized carbons (Fsp3) is 0.476. The number of carbonyl (C=O) groups excluding carboxylic acids is 4. The molecule has 1 aromatic rings. The van der Waals surface area contributed by atoms with E-state index in [0.717, 1.165) is 20.8 Å². The third-order valence-electron chi connectivity index (χ3n) is 4.28. The second-order valence-electron chi connectivity index (χ2n) is 7.11. The maximum atomic E-state index is 11.8. The normalized spacial score (nSPS) is 23.7. The summed E-state index contributed by atoms with van der Waals surface area (Å²) in [5.41, 5.74) is 0. The van der Waals surface area contributed by atoms with Crippen LogP contribution in [0.5, 0.6) is 5.75 Å². The highest BCUT2D eigenvalue weighted by Gasteiger charge is 2.52. The van der Waals surface area contributed by atoms with E-state index in [1.165, 1.54) is 6.92 Å². The van der Waals surface area contributed by atoms with Crippen molar-refractivity contribution < 1.29 is 47.6 Å². The van der Waals surface area contributed by atoms with E-state index in [9.17, 15) is 19.2 Å². The van der Waals surface area contributed by atoms with Crippen molar-refractivity contribution in [2.24, 2.45) is 0 Å². The molecule has 1 saturated heterocycles. The second-order valence-corrected chi connectivity index (χ2v) is 7.91. The smallest absolute Gasteiger partial charge is 0.303 e. The molecule has 1 N–H and O–H groups in total. The molecule has 1 aromatic carbocycles. The van der Waals surface area contributed by atoms with Gasteiger partial charge in [-0.25, -0.2) is 0 Å². The van der Waals surface area contributed by atoms with Gasteiger partial charge in [-0.05, 0) is 36.5 Å². The maximum Gasteiger partial charge on any atom is 0.303 e. The van der Waals surface area contributed by atoms with Gasteiger partial charge in [0, 0.05) is 32.7 Å². The molecule has 0 spiro atoms. The van der Waals surface area contributed by atoms with Crippen LogP contribution in [0.3, 0.4) is 0 Å². The predicted molar refractivity (Wildman–Crippen MR) is 120 cm³/mol. The van der Waals surface area contributed by atoms with Gasteiger partial charge >= 0.3 is 23.9 Å². The van der Waals surface area contributed by atoms with Crippen LogP contribution in [0.4, 0.5) is 0 Å².